The molecule has 0 aromatic heterocycles. The van der Waals surface area contributed by atoms with Crippen LogP contribution in [0.3, 0.4) is 0 Å². The molecule has 1 aliphatic heterocycles. The minimum atomic E-state index is -0.454. The molecule has 5 nitrogen and oxygen atoms in total. The van der Waals surface area contributed by atoms with Crippen LogP contribution in [0, 0.1) is 11.3 Å². The van der Waals surface area contributed by atoms with Gasteiger partial charge >= 0.3 is 6.09 Å². The molecule has 21 heavy (non-hydrogen) atoms. The van der Waals surface area contributed by atoms with Gasteiger partial charge in [0.2, 0.25) is 0 Å². The highest BCUT2D eigenvalue weighted by atomic mass is 16.6. The van der Waals surface area contributed by atoms with Crippen LogP contribution in [0.25, 0.3) is 0 Å². The van der Waals surface area contributed by atoms with Gasteiger partial charge in [0.25, 0.3) is 0 Å². The summed E-state index contributed by atoms with van der Waals surface area (Å²) >= 11 is 0. The first-order valence-corrected chi connectivity index (χ1v) is 8.00. The number of likely N-dealkylation sites (tertiary alicyclic amines) is 1. The van der Waals surface area contributed by atoms with E-state index in [4.69, 9.17) is 4.74 Å². The van der Waals surface area contributed by atoms with Crippen molar-refractivity contribution in [1.29, 1.82) is 0 Å². The number of carbonyl (C=O) groups is 2. The number of alkyl carbamates (subject to hydrolysis) is 1. The van der Waals surface area contributed by atoms with Crippen LogP contribution in [0.4, 0.5) is 4.79 Å². The fourth-order valence-corrected chi connectivity index (χ4v) is 3.64. The zero-order valence-electron chi connectivity index (χ0n) is 13.2. The first-order valence-electron chi connectivity index (χ1n) is 8.00. The maximum absolute atomic E-state index is 12.0. The summed E-state index contributed by atoms with van der Waals surface area (Å²) in [5, 5.41) is 3.07. The lowest BCUT2D eigenvalue weighted by Crippen LogP contribution is -2.46. The molecule has 1 spiro atoms. The predicted molar refractivity (Wildman–Crippen MR) is 79.0 cm³/mol. The molecule has 118 valence electrons. The Hall–Kier alpha value is -1.10. The topological polar surface area (TPSA) is 58.6 Å². The molecule has 5 heteroatoms. The standard InChI is InChI=1S/C16H26N2O3/c1-15(2,3)21-14(20)17-13-8-18(10-16(13)4-5-16)12-6-11(7-12)9-19/h9,11-13H,4-8,10H2,1-3H3,(H,17,20)/t11?,12?,13-/m0/s1. The summed E-state index contributed by atoms with van der Waals surface area (Å²) in [6.45, 7) is 7.61. The van der Waals surface area contributed by atoms with Crippen molar-refractivity contribution in [2.24, 2.45) is 11.3 Å². The Bertz CT molecular complexity index is 433. The van der Waals surface area contributed by atoms with Crippen LogP contribution in [0.2, 0.25) is 0 Å². The van der Waals surface area contributed by atoms with E-state index in [0.29, 0.717) is 6.04 Å². The van der Waals surface area contributed by atoms with E-state index in [-0.39, 0.29) is 23.5 Å². The van der Waals surface area contributed by atoms with Crippen molar-refractivity contribution >= 4 is 12.4 Å². The molecule has 0 aromatic rings. The zero-order chi connectivity index (χ0) is 15.3. The summed E-state index contributed by atoms with van der Waals surface area (Å²) in [5.41, 5.74) is -0.187. The zero-order valence-corrected chi connectivity index (χ0v) is 13.2. The van der Waals surface area contributed by atoms with Gasteiger partial charge in [-0.2, -0.15) is 0 Å². The van der Waals surface area contributed by atoms with Crippen LogP contribution in [-0.4, -0.2) is 48.1 Å². The molecule has 1 heterocycles. The fourth-order valence-electron chi connectivity index (χ4n) is 3.64. The van der Waals surface area contributed by atoms with Gasteiger partial charge in [0.1, 0.15) is 11.9 Å². The third-order valence-corrected chi connectivity index (χ3v) is 5.12. The second-order valence-electron chi connectivity index (χ2n) is 8.01. The highest BCUT2D eigenvalue weighted by Crippen LogP contribution is 2.54. The first kappa shape index (κ1) is 14.8. The number of amides is 1. The maximum atomic E-state index is 12.0. The van der Waals surface area contributed by atoms with Gasteiger partial charge in [-0.15, -0.1) is 0 Å². The molecule has 1 atom stereocenters. The SMILES string of the molecule is CC(C)(C)OC(=O)N[C@H]1CN(C2CC(C=O)C2)CC12CC2. The van der Waals surface area contributed by atoms with E-state index in [1.165, 1.54) is 12.8 Å². The number of nitrogens with one attached hydrogen (secondary N) is 1. The van der Waals surface area contributed by atoms with Crippen LogP contribution in [0.1, 0.15) is 46.5 Å². The van der Waals surface area contributed by atoms with Gasteiger partial charge < -0.3 is 14.8 Å². The van der Waals surface area contributed by atoms with Crippen LogP contribution in [0.15, 0.2) is 0 Å². The number of aldehydes is 1. The van der Waals surface area contributed by atoms with Crippen molar-refractivity contribution < 1.29 is 14.3 Å². The van der Waals surface area contributed by atoms with Crippen molar-refractivity contribution in [2.45, 2.75) is 64.1 Å². The third-order valence-electron chi connectivity index (χ3n) is 5.12. The Kier molecular flexibility index (Phi) is 3.51. The Morgan fingerprint density at radius 2 is 2.00 bits per heavy atom. The molecule has 1 saturated heterocycles. The fraction of sp³-hybridized carbons (Fsp3) is 0.875. The van der Waals surface area contributed by atoms with E-state index in [0.717, 1.165) is 32.2 Å². The van der Waals surface area contributed by atoms with Crippen LogP contribution >= 0.6 is 0 Å². The quantitative estimate of drug-likeness (QED) is 0.808. The lowest BCUT2D eigenvalue weighted by atomic mass is 9.80. The maximum Gasteiger partial charge on any atom is 0.407 e. The van der Waals surface area contributed by atoms with Crippen molar-refractivity contribution in [1.82, 2.24) is 10.2 Å². The normalized spacial score (nSPS) is 34.3. The molecule has 1 amide bonds. The molecule has 0 bridgehead atoms. The van der Waals surface area contributed by atoms with E-state index < -0.39 is 5.60 Å². The number of carbonyl (C=O) groups excluding carboxylic acids is 2. The molecule has 2 aliphatic carbocycles. The number of ether oxygens (including phenoxy) is 1. The number of hydrogen-bond donors (Lipinski definition) is 1. The monoisotopic (exact) mass is 294 g/mol. The summed E-state index contributed by atoms with van der Waals surface area (Å²) in [5.74, 6) is 0.253. The average Bonchev–Trinajstić information content (AvgIpc) is 2.96. The predicted octanol–water partition coefficient (Wildman–Crippen LogP) is 1.95. The molecule has 3 fully saturated rings. The van der Waals surface area contributed by atoms with Crippen LogP contribution < -0.4 is 5.32 Å². The summed E-state index contributed by atoms with van der Waals surface area (Å²) in [7, 11) is 0. The molecule has 2 saturated carbocycles. The molecule has 1 N–H and O–H groups in total. The molecule has 3 aliphatic rings. The van der Waals surface area contributed by atoms with Gasteiger partial charge in [0.05, 0.1) is 6.04 Å². The van der Waals surface area contributed by atoms with Gasteiger partial charge in [0, 0.05) is 30.5 Å². The van der Waals surface area contributed by atoms with E-state index in [1.54, 1.807) is 0 Å². The van der Waals surface area contributed by atoms with E-state index in [2.05, 4.69) is 10.2 Å². The Balaban J connectivity index is 1.54. The number of nitrogens with zero attached hydrogens (tertiary/aromatic N) is 1. The highest BCUT2D eigenvalue weighted by Gasteiger charge is 2.57. The highest BCUT2D eigenvalue weighted by molar-refractivity contribution is 5.68. The lowest BCUT2D eigenvalue weighted by molar-refractivity contribution is -0.115. The van der Waals surface area contributed by atoms with Crippen LogP contribution in [-0.2, 0) is 9.53 Å². The van der Waals surface area contributed by atoms with Crippen molar-refractivity contribution in [3.8, 4) is 0 Å². The number of hydrogen-bond acceptors (Lipinski definition) is 4. The number of rotatable bonds is 3. The molecular weight excluding hydrogens is 268 g/mol. The van der Waals surface area contributed by atoms with Crippen molar-refractivity contribution in [3.63, 3.8) is 0 Å². The lowest BCUT2D eigenvalue weighted by Gasteiger charge is -2.38. The second-order valence-corrected chi connectivity index (χ2v) is 8.01. The molecule has 3 rings (SSSR count). The second kappa shape index (κ2) is 4.97. The smallest absolute Gasteiger partial charge is 0.407 e. The minimum absolute atomic E-state index is 0.197. The van der Waals surface area contributed by atoms with Gasteiger partial charge in [0.15, 0.2) is 0 Å². The Morgan fingerprint density at radius 3 is 2.52 bits per heavy atom. The van der Waals surface area contributed by atoms with E-state index >= 15 is 0 Å². The Labute approximate surface area is 126 Å². The van der Waals surface area contributed by atoms with Gasteiger partial charge in [-0.05, 0) is 46.5 Å². The average molecular weight is 294 g/mol. The van der Waals surface area contributed by atoms with E-state index in [1.807, 2.05) is 20.8 Å². The van der Waals surface area contributed by atoms with Gasteiger partial charge in [-0.3, -0.25) is 4.90 Å². The molecule has 0 radical (unpaired) electrons. The molecule has 0 aromatic carbocycles. The minimum Gasteiger partial charge on any atom is -0.444 e. The largest absolute Gasteiger partial charge is 0.444 e. The van der Waals surface area contributed by atoms with Crippen LogP contribution in [0.5, 0.6) is 0 Å². The summed E-state index contributed by atoms with van der Waals surface area (Å²) in [6, 6.07) is 0.728. The summed E-state index contributed by atoms with van der Waals surface area (Å²) in [6.07, 6.45) is 5.12. The van der Waals surface area contributed by atoms with Gasteiger partial charge in [-0.1, -0.05) is 0 Å². The molecule has 0 unspecified atom stereocenters. The summed E-state index contributed by atoms with van der Waals surface area (Å²) in [4.78, 5) is 25.2. The third kappa shape index (κ3) is 3.07. The van der Waals surface area contributed by atoms with Gasteiger partial charge in [-0.25, -0.2) is 4.79 Å². The Morgan fingerprint density at radius 1 is 1.33 bits per heavy atom. The summed E-state index contributed by atoms with van der Waals surface area (Å²) < 4.78 is 5.38. The van der Waals surface area contributed by atoms with Crippen molar-refractivity contribution in [2.75, 3.05) is 13.1 Å². The van der Waals surface area contributed by atoms with E-state index in [9.17, 15) is 9.59 Å². The van der Waals surface area contributed by atoms with Crippen molar-refractivity contribution in [3.05, 3.63) is 0 Å². The molecular formula is C16H26N2O3. The first-order chi connectivity index (χ1) is 9.81.